The lowest BCUT2D eigenvalue weighted by Crippen LogP contribution is -2.26. The van der Waals surface area contributed by atoms with E-state index in [1.807, 2.05) is 44.2 Å². The van der Waals surface area contributed by atoms with Gasteiger partial charge < -0.3 is 10.0 Å². The Morgan fingerprint density at radius 3 is 2.29 bits per heavy atom. The molecule has 3 nitrogen and oxygen atoms in total. The van der Waals surface area contributed by atoms with Gasteiger partial charge in [0.15, 0.2) is 0 Å². The van der Waals surface area contributed by atoms with Gasteiger partial charge in [0.25, 0.3) is 0 Å². The zero-order valence-corrected chi connectivity index (χ0v) is 10.3. The van der Waals surface area contributed by atoms with Gasteiger partial charge in [0.2, 0.25) is 0 Å². The normalized spacial score (nSPS) is 12.5. The SMILES string of the molecule is CC(C)C(=O)C[C@@H](Cc1ccccc1)B(O)O. The van der Waals surface area contributed by atoms with Gasteiger partial charge in [0, 0.05) is 18.2 Å². The van der Waals surface area contributed by atoms with Crippen LogP contribution in [-0.4, -0.2) is 22.9 Å². The lowest BCUT2D eigenvalue weighted by atomic mass is 9.66. The van der Waals surface area contributed by atoms with Gasteiger partial charge in [0.05, 0.1) is 0 Å². The highest BCUT2D eigenvalue weighted by molar-refractivity contribution is 6.43. The molecule has 1 rings (SSSR count). The minimum Gasteiger partial charge on any atom is -0.427 e. The van der Waals surface area contributed by atoms with Gasteiger partial charge in [-0.1, -0.05) is 44.2 Å². The zero-order valence-electron chi connectivity index (χ0n) is 10.3. The summed E-state index contributed by atoms with van der Waals surface area (Å²) in [6.07, 6.45) is 0.723. The van der Waals surface area contributed by atoms with Gasteiger partial charge in [-0.05, 0) is 12.0 Å². The summed E-state index contributed by atoms with van der Waals surface area (Å²) in [7, 11) is -1.45. The van der Waals surface area contributed by atoms with Gasteiger partial charge >= 0.3 is 7.12 Å². The van der Waals surface area contributed by atoms with Crippen molar-refractivity contribution in [2.75, 3.05) is 0 Å². The number of ketones is 1. The van der Waals surface area contributed by atoms with Crippen molar-refractivity contribution in [2.45, 2.75) is 32.5 Å². The van der Waals surface area contributed by atoms with Gasteiger partial charge in [0.1, 0.15) is 5.78 Å². The summed E-state index contributed by atoms with van der Waals surface area (Å²) in [6, 6.07) is 9.57. The second kappa shape index (κ2) is 6.57. The molecular weight excluding hydrogens is 215 g/mol. The third-order valence-corrected chi connectivity index (χ3v) is 2.87. The monoisotopic (exact) mass is 234 g/mol. The van der Waals surface area contributed by atoms with Crippen LogP contribution in [0.15, 0.2) is 30.3 Å². The van der Waals surface area contributed by atoms with E-state index in [4.69, 9.17) is 0 Å². The standard InChI is InChI=1S/C13H19BO3/c1-10(2)13(15)9-12(14(16)17)8-11-6-4-3-5-7-11/h3-7,10,12,16-17H,8-9H2,1-2H3/t12-/m1/s1. The maximum atomic E-state index is 11.6. The Balaban J connectivity index is 2.64. The molecular formula is C13H19BO3. The van der Waals surface area contributed by atoms with Crippen molar-refractivity contribution >= 4 is 12.9 Å². The van der Waals surface area contributed by atoms with Crippen LogP contribution in [0.25, 0.3) is 0 Å². The third-order valence-electron chi connectivity index (χ3n) is 2.87. The van der Waals surface area contributed by atoms with E-state index in [0.717, 1.165) is 5.56 Å². The summed E-state index contributed by atoms with van der Waals surface area (Å²) < 4.78 is 0. The maximum absolute atomic E-state index is 11.6. The summed E-state index contributed by atoms with van der Waals surface area (Å²) in [4.78, 5) is 11.6. The Morgan fingerprint density at radius 1 is 1.24 bits per heavy atom. The van der Waals surface area contributed by atoms with Crippen molar-refractivity contribution in [1.82, 2.24) is 0 Å². The topological polar surface area (TPSA) is 57.5 Å². The third kappa shape index (κ3) is 4.71. The number of carbonyl (C=O) groups excluding carboxylic acids is 1. The zero-order chi connectivity index (χ0) is 12.8. The number of rotatable bonds is 6. The fourth-order valence-corrected chi connectivity index (χ4v) is 1.69. The van der Waals surface area contributed by atoms with E-state index in [-0.39, 0.29) is 18.1 Å². The fraction of sp³-hybridized carbons (Fsp3) is 0.462. The second-order valence-electron chi connectivity index (χ2n) is 4.69. The predicted molar refractivity (Wildman–Crippen MR) is 68.5 cm³/mol. The molecule has 0 saturated carbocycles. The van der Waals surface area contributed by atoms with Crippen molar-refractivity contribution in [3.05, 3.63) is 35.9 Å². The molecule has 0 aliphatic rings. The van der Waals surface area contributed by atoms with E-state index in [1.54, 1.807) is 0 Å². The summed E-state index contributed by atoms with van der Waals surface area (Å²) in [6.45, 7) is 3.65. The number of hydrogen-bond acceptors (Lipinski definition) is 3. The summed E-state index contributed by atoms with van der Waals surface area (Å²) in [5.74, 6) is -0.418. The van der Waals surface area contributed by atoms with Gasteiger partial charge in [-0.15, -0.1) is 0 Å². The molecule has 1 aromatic carbocycles. The lowest BCUT2D eigenvalue weighted by molar-refractivity contribution is -0.122. The molecule has 2 N–H and O–H groups in total. The molecule has 0 bridgehead atoms. The number of benzene rings is 1. The summed E-state index contributed by atoms with van der Waals surface area (Å²) in [5, 5.41) is 18.6. The van der Waals surface area contributed by atoms with Gasteiger partial charge in [-0.3, -0.25) is 4.79 Å². The Bertz CT molecular complexity index is 349. The van der Waals surface area contributed by atoms with Crippen LogP contribution in [0.2, 0.25) is 5.82 Å². The fourth-order valence-electron chi connectivity index (χ4n) is 1.69. The van der Waals surface area contributed by atoms with Crippen molar-refractivity contribution in [3.63, 3.8) is 0 Å². The summed E-state index contributed by atoms with van der Waals surface area (Å²) >= 11 is 0. The van der Waals surface area contributed by atoms with Crippen LogP contribution < -0.4 is 0 Å². The molecule has 0 aromatic heterocycles. The highest BCUT2D eigenvalue weighted by Crippen LogP contribution is 2.21. The number of carbonyl (C=O) groups is 1. The minimum absolute atomic E-state index is 0.0629. The first-order valence-electron chi connectivity index (χ1n) is 5.93. The molecule has 0 aliphatic carbocycles. The molecule has 0 heterocycles. The number of hydrogen-bond donors (Lipinski definition) is 2. The Kier molecular flexibility index (Phi) is 5.39. The Hall–Kier alpha value is -1.13. The largest absolute Gasteiger partial charge is 0.455 e. The van der Waals surface area contributed by atoms with E-state index in [1.165, 1.54) is 0 Å². The van der Waals surface area contributed by atoms with E-state index in [0.29, 0.717) is 6.42 Å². The van der Waals surface area contributed by atoms with Gasteiger partial charge in [-0.2, -0.15) is 0 Å². The first-order chi connectivity index (χ1) is 8.00. The van der Waals surface area contributed by atoms with E-state index in [2.05, 4.69) is 0 Å². The second-order valence-corrected chi connectivity index (χ2v) is 4.69. The van der Waals surface area contributed by atoms with Crippen molar-refractivity contribution < 1.29 is 14.8 Å². The average Bonchev–Trinajstić information content (AvgIpc) is 2.29. The lowest BCUT2D eigenvalue weighted by Gasteiger charge is -2.16. The Morgan fingerprint density at radius 2 is 1.82 bits per heavy atom. The molecule has 0 radical (unpaired) electrons. The van der Waals surface area contributed by atoms with Crippen LogP contribution in [0.5, 0.6) is 0 Å². The van der Waals surface area contributed by atoms with E-state index >= 15 is 0 Å². The molecule has 0 amide bonds. The minimum atomic E-state index is -1.45. The quantitative estimate of drug-likeness (QED) is 0.736. The van der Waals surface area contributed by atoms with Crippen LogP contribution in [0, 0.1) is 5.92 Å². The molecule has 17 heavy (non-hydrogen) atoms. The maximum Gasteiger partial charge on any atom is 0.455 e. The molecule has 0 fully saturated rings. The highest BCUT2D eigenvalue weighted by Gasteiger charge is 2.26. The first-order valence-corrected chi connectivity index (χ1v) is 5.93. The smallest absolute Gasteiger partial charge is 0.427 e. The van der Waals surface area contributed by atoms with Crippen molar-refractivity contribution in [3.8, 4) is 0 Å². The van der Waals surface area contributed by atoms with E-state index < -0.39 is 12.9 Å². The predicted octanol–water partition coefficient (Wildman–Crippen LogP) is 1.69. The molecule has 0 aliphatic heterocycles. The first kappa shape index (κ1) is 13.9. The molecule has 1 aromatic rings. The van der Waals surface area contributed by atoms with Gasteiger partial charge in [-0.25, -0.2) is 0 Å². The molecule has 1 atom stereocenters. The van der Waals surface area contributed by atoms with Crippen molar-refractivity contribution in [1.29, 1.82) is 0 Å². The molecule has 4 heteroatoms. The Labute approximate surface area is 103 Å². The van der Waals surface area contributed by atoms with Crippen LogP contribution in [0.4, 0.5) is 0 Å². The number of Topliss-reactive ketones (excluding diaryl/α,β-unsaturated/α-hetero) is 1. The molecule has 92 valence electrons. The van der Waals surface area contributed by atoms with Crippen LogP contribution >= 0.6 is 0 Å². The molecule has 0 saturated heterocycles. The van der Waals surface area contributed by atoms with Crippen molar-refractivity contribution in [2.24, 2.45) is 5.92 Å². The van der Waals surface area contributed by atoms with Crippen LogP contribution in [-0.2, 0) is 11.2 Å². The van der Waals surface area contributed by atoms with E-state index in [9.17, 15) is 14.8 Å². The highest BCUT2D eigenvalue weighted by atomic mass is 16.4. The summed E-state index contributed by atoms with van der Waals surface area (Å²) in [5.41, 5.74) is 1.02. The molecule has 0 unspecified atom stereocenters. The van der Waals surface area contributed by atoms with Crippen LogP contribution in [0.1, 0.15) is 25.8 Å². The average molecular weight is 234 g/mol. The van der Waals surface area contributed by atoms with Crippen LogP contribution in [0.3, 0.4) is 0 Å². The molecule has 0 spiro atoms.